The van der Waals surface area contributed by atoms with E-state index in [2.05, 4.69) is 10.4 Å². The minimum Gasteiger partial charge on any atom is -0.390 e. The van der Waals surface area contributed by atoms with Crippen LogP contribution >= 0.6 is 0 Å². The summed E-state index contributed by atoms with van der Waals surface area (Å²) >= 11 is 0. The van der Waals surface area contributed by atoms with E-state index < -0.39 is 0 Å². The van der Waals surface area contributed by atoms with Crippen LogP contribution < -0.4 is 5.32 Å². The number of β-amino-alcohol motifs (C(OH)–C–C–N with tert-alkyl or cyclic N) is 1. The van der Waals surface area contributed by atoms with Crippen molar-refractivity contribution in [3.63, 3.8) is 0 Å². The molecular formula is C9H15N3O. The molecule has 2 atom stereocenters. The summed E-state index contributed by atoms with van der Waals surface area (Å²) < 4.78 is 1.92. The second kappa shape index (κ2) is 3.12. The molecule has 0 bridgehead atoms. The Hall–Kier alpha value is -0.870. The second-order valence-corrected chi connectivity index (χ2v) is 3.66. The first-order valence-corrected chi connectivity index (χ1v) is 4.60. The first-order chi connectivity index (χ1) is 6.18. The highest BCUT2D eigenvalue weighted by Gasteiger charge is 2.27. The third-order valence-electron chi connectivity index (χ3n) is 2.51. The molecule has 0 spiro atoms. The molecule has 1 aromatic heterocycles. The molecule has 72 valence electrons. The normalized spacial score (nSPS) is 28.2. The van der Waals surface area contributed by atoms with Crippen LogP contribution in [0.4, 0.5) is 0 Å². The topological polar surface area (TPSA) is 50.1 Å². The Bertz CT molecular complexity index is 308. The zero-order chi connectivity index (χ0) is 9.42. The zero-order valence-corrected chi connectivity index (χ0v) is 7.99. The van der Waals surface area contributed by atoms with Crippen LogP contribution in [0.3, 0.4) is 0 Å². The Morgan fingerprint density at radius 2 is 2.31 bits per heavy atom. The second-order valence-electron chi connectivity index (χ2n) is 3.66. The molecule has 2 rings (SSSR count). The van der Waals surface area contributed by atoms with Crippen LogP contribution in [0.5, 0.6) is 0 Å². The zero-order valence-electron chi connectivity index (χ0n) is 7.99. The SMILES string of the molecule is Cc1cc(C)n([C@H]2CNC[C@H]2O)n1. The van der Waals surface area contributed by atoms with Crippen LogP contribution in [0.2, 0.25) is 0 Å². The number of aliphatic hydroxyl groups excluding tert-OH is 1. The highest BCUT2D eigenvalue weighted by Crippen LogP contribution is 2.17. The van der Waals surface area contributed by atoms with Crippen LogP contribution in [-0.4, -0.2) is 34.1 Å². The van der Waals surface area contributed by atoms with Gasteiger partial charge in [0.1, 0.15) is 0 Å². The molecule has 0 saturated carbocycles. The molecule has 0 aromatic carbocycles. The number of aromatic nitrogens is 2. The third-order valence-corrected chi connectivity index (χ3v) is 2.51. The predicted octanol–water partition coefficient (Wildman–Crippen LogP) is 0.00514. The summed E-state index contributed by atoms with van der Waals surface area (Å²) in [6.45, 7) is 5.47. The van der Waals surface area contributed by atoms with Crippen LogP contribution in [0, 0.1) is 13.8 Å². The maximum Gasteiger partial charge on any atom is 0.0917 e. The van der Waals surface area contributed by atoms with Crippen molar-refractivity contribution in [2.24, 2.45) is 0 Å². The molecule has 1 aliphatic rings. The minimum absolute atomic E-state index is 0.105. The minimum atomic E-state index is -0.307. The smallest absolute Gasteiger partial charge is 0.0917 e. The molecule has 13 heavy (non-hydrogen) atoms. The van der Waals surface area contributed by atoms with Gasteiger partial charge in [-0.15, -0.1) is 0 Å². The average Bonchev–Trinajstić information content (AvgIpc) is 2.58. The molecule has 0 radical (unpaired) electrons. The molecule has 2 heterocycles. The number of rotatable bonds is 1. The first kappa shape index (κ1) is 8.72. The van der Waals surface area contributed by atoms with E-state index >= 15 is 0 Å². The van der Waals surface area contributed by atoms with E-state index in [1.807, 2.05) is 24.6 Å². The van der Waals surface area contributed by atoms with E-state index in [0.29, 0.717) is 6.54 Å². The third kappa shape index (κ3) is 1.47. The largest absolute Gasteiger partial charge is 0.390 e. The monoisotopic (exact) mass is 181 g/mol. The molecule has 0 amide bonds. The molecule has 1 fully saturated rings. The molecule has 1 aliphatic heterocycles. The Morgan fingerprint density at radius 3 is 2.77 bits per heavy atom. The van der Waals surface area contributed by atoms with Crippen LogP contribution in [0.25, 0.3) is 0 Å². The predicted molar refractivity (Wildman–Crippen MR) is 49.6 cm³/mol. The van der Waals surface area contributed by atoms with E-state index in [4.69, 9.17) is 0 Å². The number of aliphatic hydroxyl groups is 1. The van der Waals surface area contributed by atoms with Gasteiger partial charge in [0, 0.05) is 18.8 Å². The van der Waals surface area contributed by atoms with Crippen molar-refractivity contribution >= 4 is 0 Å². The Kier molecular flexibility index (Phi) is 2.09. The van der Waals surface area contributed by atoms with Gasteiger partial charge in [-0.2, -0.15) is 5.10 Å². The van der Waals surface area contributed by atoms with Gasteiger partial charge in [0.05, 0.1) is 17.8 Å². The summed E-state index contributed by atoms with van der Waals surface area (Å²) in [7, 11) is 0. The fourth-order valence-electron chi connectivity index (χ4n) is 1.88. The quantitative estimate of drug-likeness (QED) is 0.641. The standard InChI is InChI=1S/C9H15N3O/c1-6-3-7(2)12(11-6)8-4-10-5-9(8)13/h3,8-10,13H,4-5H2,1-2H3/t8-,9+/m0/s1. The van der Waals surface area contributed by atoms with Gasteiger partial charge in [0.25, 0.3) is 0 Å². The van der Waals surface area contributed by atoms with Gasteiger partial charge in [0.15, 0.2) is 0 Å². The molecule has 1 saturated heterocycles. The lowest BCUT2D eigenvalue weighted by Gasteiger charge is -2.15. The van der Waals surface area contributed by atoms with Crippen LogP contribution in [-0.2, 0) is 0 Å². The number of nitrogens with zero attached hydrogens (tertiary/aromatic N) is 2. The van der Waals surface area contributed by atoms with Gasteiger partial charge in [-0.05, 0) is 19.9 Å². The van der Waals surface area contributed by atoms with E-state index in [-0.39, 0.29) is 12.1 Å². The molecule has 1 aromatic rings. The van der Waals surface area contributed by atoms with E-state index in [1.165, 1.54) is 0 Å². The Labute approximate surface area is 77.6 Å². The fourth-order valence-corrected chi connectivity index (χ4v) is 1.88. The molecule has 4 heteroatoms. The van der Waals surface area contributed by atoms with Crippen molar-refractivity contribution in [3.8, 4) is 0 Å². The maximum absolute atomic E-state index is 9.65. The molecule has 0 aliphatic carbocycles. The Balaban J connectivity index is 2.28. The van der Waals surface area contributed by atoms with Gasteiger partial charge in [-0.25, -0.2) is 0 Å². The van der Waals surface area contributed by atoms with Crippen LogP contribution in [0.1, 0.15) is 17.4 Å². The maximum atomic E-state index is 9.65. The average molecular weight is 181 g/mol. The summed E-state index contributed by atoms with van der Waals surface area (Å²) in [5, 5.41) is 17.2. The van der Waals surface area contributed by atoms with Crippen molar-refractivity contribution in [1.82, 2.24) is 15.1 Å². The van der Waals surface area contributed by atoms with Crippen molar-refractivity contribution in [2.75, 3.05) is 13.1 Å². The number of hydrogen-bond acceptors (Lipinski definition) is 3. The number of aryl methyl sites for hydroxylation is 2. The summed E-state index contributed by atoms with van der Waals surface area (Å²) in [5.74, 6) is 0. The Morgan fingerprint density at radius 1 is 1.54 bits per heavy atom. The van der Waals surface area contributed by atoms with Crippen molar-refractivity contribution in [3.05, 3.63) is 17.5 Å². The van der Waals surface area contributed by atoms with Crippen molar-refractivity contribution < 1.29 is 5.11 Å². The van der Waals surface area contributed by atoms with E-state index in [9.17, 15) is 5.11 Å². The summed E-state index contributed by atoms with van der Waals surface area (Å²) in [4.78, 5) is 0. The van der Waals surface area contributed by atoms with Gasteiger partial charge in [-0.1, -0.05) is 0 Å². The summed E-state index contributed by atoms with van der Waals surface area (Å²) in [5.41, 5.74) is 2.13. The lowest BCUT2D eigenvalue weighted by molar-refractivity contribution is 0.143. The molecule has 0 unspecified atom stereocenters. The van der Waals surface area contributed by atoms with Gasteiger partial charge >= 0.3 is 0 Å². The highest BCUT2D eigenvalue weighted by atomic mass is 16.3. The molecule has 2 N–H and O–H groups in total. The van der Waals surface area contributed by atoms with Crippen molar-refractivity contribution in [2.45, 2.75) is 26.0 Å². The first-order valence-electron chi connectivity index (χ1n) is 4.60. The lowest BCUT2D eigenvalue weighted by atomic mass is 10.2. The van der Waals surface area contributed by atoms with E-state index in [0.717, 1.165) is 17.9 Å². The lowest BCUT2D eigenvalue weighted by Crippen LogP contribution is -2.23. The van der Waals surface area contributed by atoms with Gasteiger partial charge < -0.3 is 10.4 Å². The summed E-state index contributed by atoms with van der Waals surface area (Å²) in [6.07, 6.45) is -0.307. The summed E-state index contributed by atoms with van der Waals surface area (Å²) in [6, 6.07) is 2.14. The number of nitrogens with one attached hydrogen (secondary N) is 1. The van der Waals surface area contributed by atoms with Crippen molar-refractivity contribution in [1.29, 1.82) is 0 Å². The molecular weight excluding hydrogens is 166 g/mol. The number of hydrogen-bond donors (Lipinski definition) is 2. The van der Waals surface area contributed by atoms with Gasteiger partial charge in [0.2, 0.25) is 0 Å². The highest BCUT2D eigenvalue weighted by molar-refractivity contribution is 5.09. The van der Waals surface area contributed by atoms with E-state index in [1.54, 1.807) is 0 Å². The molecule has 4 nitrogen and oxygen atoms in total. The van der Waals surface area contributed by atoms with Gasteiger partial charge in [-0.3, -0.25) is 4.68 Å². The fraction of sp³-hybridized carbons (Fsp3) is 0.667. The van der Waals surface area contributed by atoms with Crippen LogP contribution in [0.15, 0.2) is 6.07 Å².